The van der Waals surface area contributed by atoms with Crippen molar-refractivity contribution in [3.05, 3.63) is 0 Å². The maximum Gasteiger partial charge on any atom is 0.303 e. The highest BCUT2D eigenvalue weighted by atomic mass is 32.1. The first-order valence-electron chi connectivity index (χ1n) is 7.29. The molecule has 0 aromatic heterocycles. The monoisotopic (exact) mass is 379 g/mol. The summed E-state index contributed by atoms with van der Waals surface area (Å²) in [4.78, 5) is 45.4. The molecule has 0 saturated carbocycles. The highest BCUT2D eigenvalue weighted by molar-refractivity contribution is 7.80. The molecule has 142 valence electrons. The number of carbonyl (C=O) groups is 4. The lowest BCUT2D eigenvalue weighted by Crippen LogP contribution is -2.73. The van der Waals surface area contributed by atoms with E-state index in [2.05, 4.69) is 17.9 Å². The number of hydrogen-bond acceptors (Lipinski definition) is 10. The zero-order chi connectivity index (χ0) is 19.4. The van der Waals surface area contributed by atoms with Gasteiger partial charge in [0.15, 0.2) is 17.6 Å². The fraction of sp³-hybridized carbons (Fsp3) is 0.714. The summed E-state index contributed by atoms with van der Waals surface area (Å²) < 4.78 is 20.5. The smallest absolute Gasteiger partial charge is 0.303 e. The molecule has 0 aromatic rings. The molecule has 0 spiro atoms. The van der Waals surface area contributed by atoms with Crippen LogP contribution in [0, 0.1) is 0 Å². The van der Waals surface area contributed by atoms with E-state index in [1.807, 2.05) is 0 Å². The van der Waals surface area contributed by atoms with Gasteiger partial charge in [-0.1, -0.05) is 0 Å². The Balaban J connectivity index is 3.26. The van der Waals surface area contributed by atoms with Gasteiger partial charge in [0.05, 0.1) is 0 Å². The second-order valence-electron chi connectivity index (χ2n) is 5.44. The topological polar surface area (TPSA) is 137 Å². The van der Waals surface area contributed by atoms with Gasteiger partial charge >= 0.3 is 17.9 Å². The Kier molecular flexibility index (Phi) is 7.20. The van der Waals surface area contributed by atoms with E-state index in [4.69, 9.17) is 18.9 Å². The summed E-state index contributed by atoms with van der Waals surface area (Å²) in [7, 11) is 0. The van der Waals surface area contributed by atoms with Gasteiger partial charge in [0.2, 0.25) is 11.6 Å². The number of hydrogen-bond donors (Lipinski definition) is 3. The molecule has 0 unspecified atom stereocenters. The molecule has 0 bridgehead atoms. The lowest BCUT2D eigenvalue weighted by atomic mass is 9.93. The summed E-state index contributed by atoms with van der Waals surface area (Å²) in [5.41, 5.74) is -3.65. The van der Waals surface area contributed by atoms with Gasteiger partial charge in [-0.15, -0.1) is 12.6 Å². The van der Waals surface area contributed by atoms with Crippen LogP contribution in [-0.2, 0) is 38.1 Å². The van der Waals surface area contributed by atoms with Crippen LogP contribution in [0.2, 0.25) is 0 Å². The summed E-state index contributed by atoms with van der Waals surface area (Å²) in [6.07, 6.45) is -4.00. The second-order valence-corrected chi connectivity index (χ2v) is 5.91. The molecule has 0 radical (unpaired) electrons. The van der Waals surface area contributed by atoms with Crippen LogP contribution in [0.4, 0.5) is 0 Å². The van der Waals surface area contributed by atoms with Crippen molar-refractivity contribution < 1.29 is 43.2 Å². The molecular formula is C14H21NO9S. The maximum absolute atomic E-state index is 11.5. The molecule has 1 aliphatic heterocycles. The summed E-state index contributed by atoms with van der Waals surface area (Å²) in [5.74, 6) is -2.85. The van der Waals surface area contributed by atoms with Crippen molar-refractivity contribution in [3.63, 3.8) is 0 Å². The average Bonchev–Trinajstić information content (AvgIpc) is 2.44. The van der Waals surface area contributed by atoms with Crippen molar-refractivity contribution in [2.75, 3.05) is 6.61 Å². The predicted octanol–water partition coefficient (Wildman–Crippen LogP) is -1.11. The highest BCUT2D eigenvalue weighted by Crippen LogP contribution is 2.34. The first-order chi connectivity index (χ1) is 11.5. The van der Waals surface area contributed by atoms with E-state index in [1.165, 1.54) is 6.92 Å². The number of thiol groups is 1. The summed E-state index contributed by atoms with van der Waals surface area (Å²) in [5, 5.41) is 13.0. The fourth-order valence-electron chi connectivity index (χ4n) is 2.35. The minimum atomic E-state index is -2.28. The zero-order valence-electron chi connectivity index (χ0n) is 14.2. The van der Waals surface area contributed by atoms with Gasteiger partial charge in [0.25, 0.3) is 0 Å². The molecule has 25 heavy (non-hydrogen) atoms. The molecule has 11 heteroatoms. The van der Waals surface area contributed by atoms with Crippen molar-refractivity contribution in [2.45, 2.75) is 57.2 Å². The van der Waals surface area contributed by atoms with Crippen LogP contribution >= 0.6 is 12.6 Å². The van der Waals surface area contributed by atoms with Crippen molar-refractivity contribution >= 4 is 36.4 Å². The molecule has 0 aromatic carbocycles. The molecule has 1 aliphatic rings. The van der Waals surface area contributed by atoms with E-state index < -0.39 is 53.3 Å². The Morgan fingerprint density at radius 1 is 1.08 bits per heavy atom. The Bertz CT molecular complexity index is 554. The van der Waals surface area contributed by atoms with E-state index in [1.54, 1.807) is 0 Å². The Labute approximate surface area is 149 Å². The van der Waals surface area contributed by atoms with E-state index in [0.717, 1.165) is 20.8 Å². The van der Waals surface area contributed by atoms with Gasteiger partial charge < -0.3 is 29.4 Å². The second kappa shape index (κ2) is 8.50. The first-order valence-corrected chi connectivity index (χ1v) is 7.81. The van der Waals surface area contributed by atoms with Gasteiger partial charge in [0.1, 0.15) is 12.7 Å². The van der Waals surface area contributed by atoms with Crippen molar-refractivity contribution in [1.82, 2.24) is 5.32 Å². The third kappa shape index (κ3) is 5.58. The lowest BCUT2D eigenvalue weighted by molar-refractivity contribution is -0.271. The van der Waals surface area contributed by atoms with E-state index in [0.29, 0.717) is 0 Å². The average molecular weight is 379 g/mol. The summed E-state index contributed by atoms with van der Waals surface area (Å²) in [6.45, 7) is 4.10. The molecule has 5 atom stereocenters. The molecule has 1 heterocycles. The van der Waals surface area contributed by atoms with Gasteiger partial charge in [-0.25, -0.2) is 0 Å². The molecule has 10 nitrogen and oxygen atoms in total. The molecule has 0 aliphatic carbocycles. The van der Waals surface area contributed by atoms with Crippen LogP contribution in [0.3, 0.4) is 0 Å². The Hall–Kier alpha value is -1.85. The number of nitrogens with one attached hydrogen (secondary N) is 1. The van der Waals surface area contributed by atoms with E-state index >= 15 is 0 Å². The van der Waals surface area contributed by atoms with Gasteiger partial charge in [-0.3, -0.25) is 19.2 Å². The van der Waals surface area contributed by atoms with Crippen molar-refractivity contribution in [2.24, 2.45) is 0 Å². The first kappa shape index (κ1) is 21.2. The standard InChI is InChI=1S/C14H21NO9S/c1-6(16)15-14(20)12(23-9(4)19)11(22-8(3)18)10(24-13(14)25)5-21-7(2)17/h10-13,20,25H,5H2,1-4H3,(H,15,16)/t10-,11-,12+,13+,14-/m1/s1. The van der Waals surface area contributed by atoms with Crippen LogP contribution in [0.1, 0.15) is 27.7 Å². The third-order valence-corrected chi connectivity index (χ3v) is 3.72. The predicted molar refractivity (Wildman–Crippen MR) is 84.2 cm³/mol. The molecule has 2 N–H and O–H groups in total. The normalized spacial score (nSPS) is 31.6. The number of carbonyl (C=O) groups excluding carboxylic acids is 4. The minimum Gasteiger partial charge on any atom is -0.463 e. The van der Waals surface area contributed by atoms with Gasteiger partial charge in [-0.2, -0.15) is 0 Å². The van der Waals surface area contributed by atoms with Gasteiger partial charge in [-0.05, 0) is 0 Å². The third-order valence-electron chi connectivity index (χ3n) is 3.20. The van der Waals surface area contributed by atoms with Crippen molar-refractivity contribution in [1.29, 1.82) is 0 Å². The minimum absolute atomic E-state index is 0.349. The number of aliphatic hydroxyl groups is 1. The summed E-state index contributed by atoms with van der Waals surface area (Å²) >= 11 is 4.07. The largest absolute Gasteiger partial charge is 0.463 e. The number of esters is 3. The highest BCUT2D eigenvalue weighted by Gasteiger charge is 2.59. The van der Waals surface area contributed by atoms with Crippen LogP contribution in [0.15, 0.2) is 0 Å². The number of amides is 1. The number of ether oxygens (including phenoxy) is 4. The van der Waals surface area contributed by atoms with E-state index in [-0.39, 0.29) is 6.61 Å². The van der Waals surface area contributed by atoms with Gasteiger partial charge in [0, 0.05) is 27.7 Å². The molecule has 1 amide bonds. The molecule has 1 saturated heterocycles. The SMILES string of the molecule is CC(=O)N[C@]1(O)[C@H](S)O[C@H](COC(C)=O)[C@@H](OC(C)=O)[C@@H]1OC(C)=O. The van der Waals surface area contributed by atoms with Crippen LogP contribution in [0.5, 0.6) is 0 Å². The van der Waals surface area contributed by atoms with Crippen LogP contribution in [0.25, 0.3) is 0 Å². The summed E-state index contributed by atoms with van der Waals surface area (Å²) in [6, 6.07) is 0. The Morgan fingerprint density at radius 3 is 2.08 bits per heavy atom. The van der Waals surface area contributed by atoms with E-state index in [9.17, 15) is 24.3 Å². The quantitative estimate of drug-likeness (QED) is 0.235. The zero-order valence-corrected chi connectivity index (χ0v) is 15.1. The number of rotatable bonds is 5. The Morgan fingerprint density at radius 2 is 1.64 bits per heavy atom. The molecule has 1 fully saturated rings. The fourth-order valence-corrected chi connectivity index (χ4v) is 2.71. The maximum atomic E-state index is 11.5. The molecular weight excluding hydrogens is 358 g/mol. The van der Waals surface area contributed by atoms with Crippen LogP contribution < -0.4 is 5.32 Å². The van der Waals surface area contributed by atoms with Crippen molar-refractivity contribution in [3.8, 4) is 0 Å². The van der Waals surface area contributed by atoms with Crippen LogP contribution in [-0.4, -0.2) is 65.0 Å². The molecule has 1 rings (SSSR count). The lowest BCUT2D eigenvalue weighted by Gasteiger charge is -2.48.